The Morgan fingerprint density at radius 3 is 2.88 bits per heavy atom. The van der Waals surface area contributed by atoms with E-state index >= 15 is 0 Å². The summed E-state index contributed by atoms with van der Waals surface area (Å²) in [6, 6.07) is 0.889. The molecule has 1 N–H and O–H groups in total. The van der Waals surface area contributed by atoms with Gasteiger partial charge in [-0.2, -0.15) is 0 Å². The fraction of sp³-hybridized carbons (Fsp3) is 1.00. The van der Waals surface area contributed by atoms with Crippen molar-refractivity contribution < 1.29 is 0 Å². The summed E-state index contributed by atoms with van der Waals surface area (Å²) in [5.74, 6) is 1.83. The summed E-state index contributed by atoms with van der Waals surface area (Å²) in [6.07, 6.45) is 2.87. The van der Waals surface area contributed by atoms with Gasteiger partial charge in [-0.05, 0) is 44.3 Å². The van der Waals surface area contributed by atoms with E-state index in [9.17, 15) is 0 Å². The molecule has 0 radical (unpaired) electrons. The molecule has 2 atom stereocenters. The third-order valence-electron chi connectivity index (χ3n) is 4.84. The Labute approximate surface area is 99.2 Å². The zero-order chi connectivity index (χ0) is 11.0. The fourth-order valence-corrected chi connectivity index (χ4v) is 3.49. The third-order valence-corrected chi connectivity index (χ3v) is 4.84. The molecule has 0 aromatic rings. The smallest absolute Gasteiger partial charge is 0.0224 e. The molecule has 0 bridgehead atoms. The molecule has 3 rings (SSSR count). The Kier molecular flexibility index (Phi) is 3.18. The van der Waals surface area contributed by atoms with Gasteiger partial charge in [-0.1, -0.05) is 6.92 Å². The number of rotatable bonds is 3. The van der Waals surface area contributed by atoms with Crippen molar-refractivity contribution in [3.8, 4) is 0 Å². The minimum atomic E-state index is 0.884. The fourth-order valence-electron chi connectivity index (χ4n) is 3.49. The molecule has 3 fully saturated rings. The molecule has 16 heavy (non-hydrogen) atoms. The normalized spacial score (nSPS) is 34.7. The maximum atomic E-state index is 3.39. The van der Waals surface area contributed by atoms with Crippen LogP contribution in [0.25, 0.3) is 0 Å². The summed E-state index contributed by atoms with van der Waals surface area (Å²) in [5, 5.41) is 3.39. The van der Waals surface area contributed by atoms with Crippen LogP contribution in [0.15, 0.2) is 0 Å². The van der Waals surface area contributed by atoms with Crippen molar-refractivity contribution in [3.63, 3.8) is 0 Å². The standard InChI is InChI=1S/C13H25N3/c1-11(12-7-14-8-12)9-15-5-6-16-4-2-3-13(16)10-15/h11-14H,2-10H2,1H3. The molecule has 0 aliphatic carbocycles. The van der Waals surface area contributed by atoms with E-state index in [0.717, 1.165) is 17.9 Å². The highest BCUT2D eigenvalue weighted by atomic mass is 15.3. The first-order chi connectivity index (χ1) is 7.83. The van der Waals surface area contributed by atoms with Crippen LogP contribution in [0.1, 0.15) is 19.8 Å². The van der Waals surface area contributed by atoms with E-state index in [2.05, 4.69) is 22.0 Å². The quantitative estimate of drug-likeness (QED) is 0.757. The van der Waals surface area contributed by atoms with Crippen molar-refractivity contribution in [1.29, 1.82) is 0 Å². The monoisotopic (exact) mass is 223 g/mol. The van der Waals surface area contributed by atoms with Gasteiger partial charge in [0.05, 0.1) is 0 Å². The lowest BCUT2D eigenvalue weighted by Crippen LogP contribution is -2.53. The molecule has 3 heterocycles. The van der Waals surface area contributed by atoms with Gasteiger partial charge in [-0.15, -0.1) is 0 Å². The first-order valence-corrected chi connectivity index (χ1v) is 7.00. The number of fused-ring (bicyclic) bond motifs is 1. The molecular formula is C13H25N3. The predicted molar refractivity (Wildman–Crippen MR) is 66.6 cm³/mol. The van der Waals surface area contributed by atoms with E-state index in [1.165, 1.54) is 58.7 Å². The summed E-state index contributed by atoms with van der Waals surface area (Å²) in [5.41, 5.74) is 0. The van der Waals surface area contributed by atoms with E-state index in [-0.39, 0.29) is 0 Å². The predicted octanol–water partition coefficient (Wildman–Crippen LogP) is 0.622. The van der Waals surface area contributed by atoms with Crippen LogP contribution in [0.3, 0.4) is 0 Å². The second-order valence-corrected chi connectivity index (χ2v) is 5.99. The average molecular weight is 223 g/mol. The Balaban J connectivity index is 1.48. The van der Waals surface area contributed by atoms with Crippen molar-refractivity contribution in [2.45, 2.75) is 25.8 Å². The lowest BCUT2D eigenvalue weighted by Gasteiger charge is -2.41. The molecular weight excluding hydrogens is 198 g/mol. The van der Waals surface area contributed by atoms with Gasteiger partial charge in [0.15, 0.2) is 0 Å². The Morgan fingerprint density at radius 1 is 1.25 bits per heavy atom. The molecule has 0 amide bonds. The molecule has 0 saturated carbocycles. The van der Waals surface area contributed by atoms with Crippen LogP contribution in [0.4, 0.5) is 0 Å². The molecule has 2 unspecified atom stereocenters. The van der Waals surface area contributed by atoms with Crippen LogP contribution in [0.5, 0.6) is 0 Å². The van der Waals surface area contributed by atoms with Crippen molar-refractivity contribution in [2.24, 2.45) is 11.8 Å². The van der Waals surface area contributed by atoms with Crippen molar-refractivity contribution in [2.75, 3.05) is 45.8 Å². The van der Waals surface area contributed by atoms with Crippen LogP contribution in [-0.4, -0.2) is 61.7 Å². The van der Waals surface area contributed by atoms with E-state index in [0.29, 0.717) is 0 Å². The van der Waals surface area contributed by atoms with Gasteiger partial charge in [0.1, 0.15) is 0 Å². The SMILES string of the molecule is CC(CN1CCN2CCCC2C1)C1CNC1. The van der Waals surface area contributed by atoms with E-state index < -0.39 is 0 Å². The minimum Gasteiger partial charge on any atom is -0.316 e. The maximum absolute atomic E-state index is 3.39. The van der Waals surface area contributed by atoms with Gasteiger partial charge in [0.2, 0.25) is 0 Å². The maximum Gasteiger partial charge on any atom is 0.0224 e. The third kappa shape index (κ3) is 2.13. The van der Waals surface area contributed by atoms with Gasteiger partial charge < -0.3 is 10.2 Å². The highest BCUT2D eigenvalue weighted by Gasteiger charge is 2.32. The minimum absolute atomic E-state index is 0.884. The van der Waals surface area contributed by atoms with Crippen molar-refractivity contribution in [1.82, 2.24) is 15.1 Å². The summed E-state index contributed by atoms with van der Waals surface area (Å²) >= 11 is 0. The second-order valence-electron chi connectivity index (χ2n) is 5.99. The number of hydrogen-bond acceptors (Lipinski definition) is 3. The number of nitrogens with one attached hydrogen (secondary N) is 1. The van der Waals surface area contributed by atoms with Crippen LogP contribution in [-0.2, 0) is 0 Å². The van der Waals surface area contributed by atoms with Crippen LogP contribution < -0.4 is 5.32 Å². The van der Waals surface area contributed by atoms with Gasteiger partial charge in [0, 0.05) is 32.2 Å². The van der Waals surface area contributed by atoms with Crippen molar-refractivity contribution in [3.05, 3.63) is 0 Å². The van der Waals surface area contributed by atoms with Crippen LogP contribution in [0, 0.1) is 11.8 Å². The largest absolute Gasteiger partial charge is 0.316 e. The summed E-state index contributed by atoms with van der Waals surface area (Å²) in [4.78, 5) is 5.42. The molecule has 3 aliphatic heterocycles. The molecule has 0 spiro atoms. The highest BCUT2D eigenvalue weighted by Crippen LogP contribution is 2.23. The molecule has 3 nitrogen and oxygen atoms in total. The molecule has 0 aromatic carbocycles. The zero-order valence-electron chi connectivity index (χ0n) is 10.5. The van der Waals surface area contributed by atoms with Crippen molar-refractivity contribution >= 4 is 0 Å². The van der Waals surface area contributed by atoms with E-state index in [1.807, 2.05) is 0 Å². The average Bonchev–Trinajstić information content (AvgIpc) is 2.61. The topological polar surface area (TPSA) is 18.5 Å². The Hall–Kier alpha value is -0.120. The van der Waals surface area contributed by atoms with Crippen LogP contribution >= 0.6 is 0 Å². The molecule has 0 aromatic heterocycles. The summed E-state index contributed by atoms with van der Waals surface area (Å²) in [6.45, 7) is 11.6. The van der Waals surface area contributed by atoms with Gasteiger partial charge in [-0.25, -0.2) is 0 Å². The molecule has 3 aliphatic rings. The van der Waals surface area contributed by atoms with E-state index in [1.54, 1.807) is 0 Å². The first kappa shape index (κ1) is 11.0. The zero-order valence-corrected chi connectivity index (χ0v) is 10.5. The van der Waals surface area contributed by atoms with Gasteiger partial charge in [0.25, 0.3) is 0 Å². The van der Waals surface area contributed by atoms with E-state index in [4.69, 9.17) is 0 Å². The molecule has 3 saturated heterocycles. The molecule has 92 valence electrons. The second kappa shape index (κ2) is 4.63. The summed E-state index contributed by atoms with van der Waals surface area (Å²) < 4.78 is 0. The Bertz CT molecular complexity index is 239. The lowest BCUT2D eigenvalue weighted by molar-refractivity contribution is 0.0782. The summed E-state index contributed by atoms with van der Waals surface area (Å²) in [7, 11) is 0. The lowest BCUT2D eigenvalue weighted by atomic mass is 9.88. The van der Waals surface area contributed by atoms with Crippen LogP contribution in [0.2, 0.25) is 0 Å². The first-order valence-electron chi connectivity index (χ1n) is 7.00. The number of piperazine rings is 1. The van der Waals surface area contributed by atoms with Gasteiger partial charge >= 0.3 is 0 Å². The Morgan fingerprint density at radius 2 is 2.12 bits per heavy atom. The highest BCUT2D eigenvalue weighted by molar-refractivity contribution is 4.88. The molecule has 3 heteroatoms. The number of nitrogens with zero attached hydrogens (tertiary/aromatic N) is 2. The van der Waals surface area contributed by atoms with Gasteiger partial charge in [-0.3, -0.25) is 4.90 Å². The number of hydrogen-bond donors (Lipinski definition) is 1.